The van der Waals surface area contributed by atoms with Crippen LogP contribution in [0.25, 0.3) is 0 Å². The van der Waals surface area contributed by atoms with Crippen molar-refractivity contribution in [2.45, 2.75) is 31.1 Å². The molecule has 0 aromatic heterocycles. The van der Waals surface area contributed by atoms with Gasteiger partial charge in [-0.3, -0.25) is 9.59 Å². The fourth-order valence-electron chi connectivity index (χ4n) is 3.22. The molecule has 0 radical (unpaired) electrons. The Morgan fingerprint density at radius 2 is 1.69 bits per heavy atom. The zero-order valence-electron chi connectivity index (χ0n) is 16.3. The molecule has 1 fully saturated rings. The maximum Gasteiger partial charge on any atom is 0.313 e. The maximum atomic E-state index is 12.5. The molecule has 0 aliphatic carbocycles. The second kappa shape index (κ2) is 9.19. The predicted molar refractivity (Wildman–Crippen MR) is 111 cm³/mol. The molecule has 2 aromatic carbocycles. The maximum absolute atomic E-state index is 12.5. The number of hydrogen-bond donors (Lipinski definition) is 2. The number of carbonyl (C=O) groups excluding carboxylic acids is 2. The molecular formula is C21H25N3O4S. The molecular weight excluding hydrogens is 390 g/mol. The van der Waals surface area contributed by atoms with Gasteiger partial charge in [-0.15, -0.1) is 0 Å². The Labute approximate surface area is 171 Å². The molecule has 1 aliphatic rings. The highest BCUT2D eigenvalue weighted by Gasteiger charge is 2.26. The van der Waals surface area contributed by atoms with Crippen molar-refractivity contribution in [3.8, 4) is 0 Å². The van der Waals surface area contributed by atoms with Crippen LogP contribution in [-0.2, 0) is 26.0 Å². The highest BCUT2D eigenvalue weighted by Crippen LogP contribution is 2.21. The molecule has 1 aliphatic heterocycles. The molecule has 1 heterocycles. The first-order chi connectivity index (χ1) is 13.9. The molecule has 3 rings (SSSR count). The lowest BCUT2D eigenvalue weighted by Crippen LogP contribution is -2.36. The summed E-state index contributed by atoms with van der Waals surface area (Å²) in [5.41, 5.74) is 2.43. The van der Waals surface area contributed by atoms with Gasteiger partial charge < -0.3 is 10.6 Å². The van der Waals surface area contributed by atoms with Crippen LogP contribution in [0.5, 0.6) is 0 Å². The van der Waals surface area contributed by atoms with E-state index in [1.54, 1.807) is 42.5 Å². The van der Waals surface area contributed by atoms with Crippen molar-refractivity contribution in [3.63, 3.8) is 0 Å². The van der Waals surface area contributed by atoms with Crippen LogP contribution in [0.15, 0.2) is 53.4 Å². The zero-order valence-corrected chi connectivity index (χ0v) is 17.2. The SMILES string of the molecule is Cc1cccc(NC(=O)C(=O)NCCc2ccc(S(=O)(=O)N3CCCC3)cc2)c1. The number of nitrogens with zero attached hydrogens (tertiary/aromatic N) is 1. The first-order valence-electron chi connectivity index (χ1n) is 9.61. The molecule has 2 aromatic rings. The Balaban J connectivity index is 1.48. The van der Waals surface area contributed by atoms with E-state index in [0.717, 1.165) is 24.0 Å². The second-order valence-corrected chi connectivity index (χ2v) is 9.02. The van der Waals surface area contributed by atoms with Crippen molar-refractivity contribution in [1.82, 2.24) is 9.62 Å². The minimum Gasteiger partial charge on any atom is -0.347 e. The number of amides is 2. The molecule has 154 valence electrons. The van der Waals surface area contributed by atoms with Gasteiger partial charge in [0, 0.05) is 25.3 Å². The summed E-state index contributed by atoms with van der Waals surface area (Å²) in [7, 11) is -3.42. The highest BCUT2D eigenvalue weighted by molar-refractivity contribution is 7.89. The number of carbonyl (C=O) groups is 2. The predicted octanol–water partition coefficient (Wildman–Crippen LogP) is 2.08. The molecule has 0 spiro atoms. The summed E-state index contributed by atoms with van der Waals surface area (Å²) in [4.78, 5) is 24.2. The Morgan fingerprint density at radius 3 is 2.34 bits per heavy atom. The number of aryl methyl sites for hydroxylation is 1. The third-order valence-electron chi connectivity index (χ3n) is 4.81. The second-order valence-electron chi connectivity index (χ2n) is 7.08. The molecule has 0 atom stereocenters. The lowest BCUT2D eigenvalue weighted by atomic mass is 10.1. The number of benzene rings is 2. The van der Waals surface area contributed by atoms with Crippen LogP contribution >= 0.6 is 0 Å². The van der Waals surface area contributed by atoms with Crippen LogP contribution in [0.2, 0.25) is 0 Å². The van der Waals surface area contributed by atoms with Crippen LogP contribution in [0, 0.1) is 6.92 Å². The summed E-state index contributed by atoms with van der Waals surface area (Å²) in [6, 6.07) is 13.9. The third-order valence-corrected chi connectivity index (χ3v) is 6.72. The average Bonchev–Trinajstić information content (AvgIpc) is 3.24. The van der Waals surface area contributed by atoms with E-state index < -0.39 is 21.8 Å². The van der Waals surface area contributed by atoms with E-state index in [4.69, 9.17) is 0 Å². The van der Waals surface area contributed by atoms with E-state index in [-0.39, 0.29) is 11.4 Å². The van der Waals surface area contributed by atoms with E-state index in [1.165, 1.54) is 4.31 Å². The minimum absolute atomic E-state index is 0.276. The van der Waals surface area contributed by atoms with Gasteiger partial charge in [0.2, 0.25) is 10.0 Å². The van der Waals surface area contributed by atoms with Gasteiger partial charge in [-0.1, -0.05) is 24.3 Å². The van der Waals surface area contributed by atoms with Crippen LogP contribution in [0.3, 0.4) is 0 Å². The summed E-state index contributed by atoms with van der Waals surface area (Å²) >= 11 is 0. The van der Waals surface area contributed by atoms with Gasteiger partial charge in [0.25, 0.3) is 0 Å². The normalized spacial score (nSPS) is 14.5. The molecule has 2 amide bonds. The Kier molecular flexibility index (Phi) is 6.66. The van der Waals surface area contributed by atoms with E-state index in [0.29, 0.717) is 25.2 Å². The molecule has 0 bridgehead atoms. The minimum atomic E-state index is -3.42. The van der Waals surface area contributed by atoms with E-state index in [9.17, 15) is 18.0 Å². The monoisotopic (exact) mass is 415 g/mol. The Morgan fingerprint density at radius 1 is 1.00 bits per heavy atom. The van der Waals surface area contributed by atoms with E-state index in [1.807, 2.05) is 13.0 Å². The summed E-state index contributed by atoms with van der Waals surface area (Å²) in [5.74, 6) is -1.43. The van der Waals surface area contributed by atoms with E-state index in [2.05, 4.69) is 10.6 Å². The molecule has 2 N–H and O–H groups in total. The Hall–Kier alpha value is -2.71. The largest absolute Gasteiger partial charge is 0.347 e. The van der Waals surface area contributed by atoms with Gasteiger partial charge in [0.05, 0.1) is 4.90 Å². The van der Waals surface area contributed by atoms with Gasteiger partial charge in [0.1, 0.15) is 0 Å². The number of hydrogen-bond acceptors (Lipinski definition) is 4. The van der Waals surface area contributed by atoms with E-state index >= 15 is 0 Å². The van der Waals surface area contributed by atoms with Crippen LogP contribution in [0.1, 0.15) is 24.0 Å². The van der Waals surface area contributed by atoms with Crippen LogP contribution < -0.4 is 10.6 Å². The smallest absolute Gasteiger partial charge is 0.313 e. The third kappa shape index (κ3) is 5.42. The van der Waals surface area contributed by atoms with Crippen molar-refractivity contribution in [3.05, 3.63) is 59.7 Å². The fourth-order valence-corrected chi connectivity index (χ4v) is 4.73. The summed E-state index contributed by atoms with van der Waals surface area (Å²) in [6.45, 7) is 3.32. The number of nitrogens with one attached hydrogen (secondary N) is 2. The Bertz CT molecular complexity index is 981. The van der Waals surface area contributed by atoms with Crippen LogP contribution in [-0.4, -0.2) is 44.2 Å². The lowest BCUT2D eigenvalue weighted by molar-refractivity contribution is -0.136. The topological polar surface area (TPSA) is 95.6 Å². The van der Waals surface area contributed by atoms with Gasteiger partial charge in [-0.05, 0) is 61.6 Å². The fraction of sp³-hybridized carbons (Fsp3) is 0.333. The molecule has 1 saturated heterocycles. The molecule has 7 nitrogen and oxygen atoms in total. The lowest BCUT2D eigenvalue weighted by Gasteiger charge is -2.15. The quantitative estimate of drug-likeness (QED) is 0.706. The number of anilines is 1. The molecule has 8 heteroatoms. The molecule has 29 heavy (non-hydrogen) atoms. The first kappa shape index (κ1) is 21.0. The van der Waals surface area contributed by atoms with Gasteiger partial charge in [-0.25, -0.2) is 8.42 Å². The zero-order chi connectivity index (χ0) is 20.9. The van der Waals surface area contributed by atoms with Gasteiger partial charge >= 0.3 is 11.8 Å². The van der Waals surface area contributed by atoms with Crippen molar-refractivity contribution >= 4 is 27.5 Å². The van der Waals surface area contributed by atoms with Crippen molar-refractivity contribution in [2.75, 3.05) is 25.0 Å². The van der Waals surface area contributed by atoms with Gasteiger partial charge in [-0.2, -0.15) is 4.31 Å². The van der Waals surface area contributed by atoms with Crippen LogP contribution in [0.4, 0.5) is 5.69 Å². The molecule has 0 saturated carbocycles. The van der Waals surface area contributed by atoms with Crippen molar-refractivity contribution < 1.29 is 18.0 Å². The standard InChI is InChI=1S/C21H25N3O4S/c1-16-5-4-6-18(15-16)23-21(26)20(25)22-12-11-17-7-9-19(10-8-17)29(27,28)24-13-2-3-14-24/h4-10,15H,2-3,11-14H2,1H3,(H,22,25)(H,23,26). The highest BCUT2D eigenvalue weighted by atomic mass is 32.2. The average molecular weight is 416 g/mol. The summed E-state index contributed by atoms with van der Waals surface area (Å²) < 4.78 is 26.5. The van der Waals surface area contributed by atoms with Gasteiger partial charge in [0.15, 0.2) is 0 Å². The first-order valence-corrected chi connectivity index (χ1v) is 11.1. The van der Waals surface area contributed by atoms with Crippen molar-refractivity contribution in [2.24, 2.45) is 0 Å². The summed E-state index contributed by atoms with van der Waals surface area (Å²) in [5, 5.41) is 5.14. The number of sulfonamides is 1. The summed E-state index contributed by atoms with van der Waals surface area (Å²) in [6.07, 6.45) is 2.29. The van der Waals surface area contributed by atoms with Crippen molar-refractivity contribution in [1.29, 1.82) is 0 Å². The number of rotatable bonds is 6. The molecule has 0 unspecified atom stereocenters.